The summed E-state index contributed by atoms with van der Waals surface area (Å²) in [6.07, 6.45) is 2.36. The summed E-state index contributed by atoms with van der Waals surface area (Å²) in [5.74, 6) is 0.816. The summed E-state index contributed by atoms with van der Waals surface area (Å²) in [5.41, 5.74) is 3.23. The van der Waals surface area contributed by atoms with Gasteiger partial charge in [0.25, 0.3) is 0 Å². The molecule has 0 saturated carbocycles. The molecule has 1 N–H and O–H groups in total. The summed E-state index contributed by atoms with van der Waals surface area (Å²) < 4.78 is 7.08. The van der Waals surface area contributed by atoms with Crippen molar-refractivity contribution in [3.05, 3.63) is 41.1 Å². The molecule has 0 spiro atoms. The van der Waals surface area contributed by atoms with E-state index in [0.29, 0.717) is 12.8 Å². The molecule has 2 heterocycles. The van der Waals surface area contributed by atoms with Gasteiger partial charge in [-0.15, -0.1) is 0 Å². The lowest BCUT2D eigenvalue weighted by molar-refractivity contribution is 0.167. The Morgan fingerprint density at radius 2 is 2.18 bits per heavy atom. The van der Waals surface area contributed by atoms with Gasteiger partial charge >= 0.3 is 0 Å². The molecular formula is C13H18N2O2. The van der Waals surface area contributed by atoms with Gasteiger partial charge in [0.2, 0.25) is 0 Å². The summed E-state index contributed by atoms with van der Waals surface area (Å²) >= 11 is 0. The lowest BCUT2D eigenvalue weighted by Crippen LogP contribution is -2.14. The van der Waals surface area contributed by atoms with Crippen LogP contribution in [0, 0.1) is 13.8 Å². The zero-order valence-corrected chi connectivity index (χ0v) is 10.5. The predicted octanol–water partition coefficient (Wildman–Crippen LogP) is 1.78. The van der Waals surface area contributed by atoms with E-state index in [1.165, 1.54) is 0 Å². The highest BCUT2D eigenvalue weighted by atomic mass is 16.3. The minimum atomic E-state index is -0.428. The fourth-order valence-electron chi connectivity index (χ4n) is 2.08. The number of aliphatic hydroxyl groups is 1. The van der Waals surface area contributed by atoms with Gasteiger partial charge in [-0.25, -0.2) is 0 Å². The topological polar surface area (TPSA) is 51.2 Å². The molecule has 92 valence electrons. The second-order valence-corrected chi connectivity index (χ2v) is 4.41. The average Bonchev–Trinajstić information content (AvgIpc) is 2.83. The van der Waals surface area contributed by atoms with Gasteiger partial charge in [0.05, 0.1) is 18.1 Å². The smallest absolute Gasteiger partial charge is 0.106 e. The highest BCUT2D eigenvalue weighted by Crippen LogP contribution is 2.16. The molecule has 0 saturated heterocycles. The first kappa shape index (κ1) is 11.9. The van der Waals surface area contributed by atoms with Crippen LogP contribution in [0.25, 0.3) is 0 Å². The molecule has 0 aromatic carbocycles. The fourth-order valence-corrected chi connectivity index (χ4v) is 2.08. The van der Waals surface area contributed by atoms with Crippen LogP contribution in [0.5, 0.6) is 0 Å². The zero-order chi connectivity index (χ0) is 12.4. The van der Waals surface area contributed by atoms with Crippen molar-refractivity contribution < 1.29 is 9.52 Å². The minimum Gasteiger partial charge on any atom is -0.469 e. The molecule has 2 aromatic rings. The van der Waals surface area contributed by atoms with Crippen molar-refractivity contribution in [1.29, 1.82) is 0 Å². The molecule has 0 aliphatic carbocycles. The molecule has 2 rings (SSSR count). The van der Waals surface area contributed by atoms with Crippen molar-refractivity contribution in [2.45, 2.75) is 32.8 Å². The number of aromatic nitrogens is 2. The van der Waals surface area contributed by atoms with E-state index in [1.807, 2.05) is 37.7 Å². The fraction of sp³-hybridized carbons (Fsp3) is 0.462. The van der Waals surface area contributed by atoms with Crippen LogP contribution < -0.4 is 0 Å². The second kappa shape index (κ2) is 4.75. The van der Waals surface area contributed by atoms with Crippen molar-refractivity contribution in [2.24, 2.45) is 7.05 Å². The van der Waals surface area contributed by atoms with E-state index < -0.39 is 6.10 Å². The van der Waals surface area contributed by atoms with Crippen LogP contribution >= 0.6 is 0 Å². The molecular weight excluding hydrogens is 216 g/mol. The van der Waals surface area contributed by atoms with Crippen LogP contribution in [-0.4, -0.2) is 21.0 Å². The average molecular weight is 234 g/mol. The predicted molar refractivity (Wildman–Crippen MR) is 64.8 cm³/mol. The van der Waals surface area contributed by atoms with E-state index >= 15 is 0 Å². The minimum absolute atomic E-state index is 0.428. The SMILES string of the molecule is Cc1nn(C)c(C)c1CC(O)Cc1ccco1. The molecule has 1 atom stereocenters. The Morgan fingerprint density at radius 1 is 1.41 bits per heavy atom. The quantitative estimate of drug-likeness (QED) is 0.877. The van der Waals surface area contributed by atoms with Gasteiger partial charge in [-0.05, 0) is 31.5 Å². The Morgan fingerprint density at radius 3 is 2.71 bits per heavy atom. The van der Waals surface area contributed by atoms with E-state index in [9.17, 15) is 5.11 Å². The summed E-state index contributed by atoms with van der Waals surface area (Å²) in [5, 5.41) is 14.4. The van der Waals surface area contributed by atoms with E-state index in [1.54, 1.807) is 6.26 Å². The molecule has 4 heteroatoms. The van der Waals surface area contributed by atoms with Gasteiger partial charge in [0.15, 0.2) is 0 Å². The van der Waals surface area contributed by atoms with E-state index in [-0.39, 0.29) is 0 Å². The van der Waals surface area contributed by atoms with E-state index in [4.69, 9.17) is 4.42 Å². The van der Waals surface area contributed by atoms with Gasteiger partial charge in [-0.3, -0.25) is 4.68 Å². The van der Waals surface area contributed by atoms with Crippen LogP contribution in [0.2, 0.25) is 0 Å². The van der Waals surface area contributed by atoms with Crippen molar-refractivity contribution >= 4 is 0 Å². The maximum absolute atomic E-state index is 10.0. The lowest BCUT2D eigenvalue weighted by Gasteiger charge is -2.09. The van der Waals surface area contributed by atoms with Crippen molar-refractivity contribution in [2.75, 3.05) is 0 Å². The molecule has 17 heavy (non-hydrogen) atoms. The van der Waals surface area contributed by atoms with Gasteiger partial charge in [0.1, 0.15) is 5.76 Å². The molecule has 0 aliphatic rings. The second-order valence-electron chi connectivity index (χ2n) is 4.41. The van der Waals surface area contributed by atoms with Crippen molar-refractivity contribution in [1.82, 2.24) is 9.78 Å². The maximum Gasteiger partial charge on any atom is 0.106 e. The van der Waals surface area contributed by atoms with Crippen LogP contribution in [0.4, 0.5) is 0 Å². The van der Waals surface area contributed by atoms with Crippen molar-refractivity contribution in [3.8, 4) is 0 Å². The Labute approximate surface area is 101 Å². The third kappa shape index (κ3) is 2.58. The largest absolute Gasteiger partial charge is 0.469 e. The number of furan rings is 1. The molecule has 0 fully saturated rings. The summed E-state index contributed by atoms with van der Waals surface area (Å²) in [6, 6.07) is 3.72. The third-order valence-corrected chi connectivity index (χ3v) is 3.12. The normalized spacial score (nSPS) is 12.9. The highest BCUT2D eigenvalue weighted by Gasteiger charge is 2.15. The molecule has 1 unspecified atom stereocenters. The number of hydrogen-bond donors (Lipinski definition) is 1. The first-order valence-electron chi connectivity index (χ1n) is 5.77. The van der Waals surface area contributed by atoms with Crippen LogP contribution in [-0.2, 0) is 19.9 Å². The van der Waals surface area contributed by atoms with Gasteiger partial charge in [-0.2, -0.15) is 5.10 Å². The molecule has 0 bridgehead atoms. The van der Waals surface area contributed by atoms with Crippen molar-refractivity contribution in [3.63, 3.8) is 0 Å². The van der Waals surface area contributed by atoms with Crippen LogP contribution in [0.1, 0.15) is 22.7 Å². The van der Waals surface area contributed by atoms with Gasteiger partial charge < -0.3 is 9.52 Å². The third-order valence-electron chi connectivity index (χ3n) is 3.12. The number of hydrogen-bond acceptors (Lipinski definition) is 3. The molecule has 4 nitrogen and oxygen atoms in total. The molecule has 2 aromatic heterocycles. The van der Waals surface area contributed by atoms with Crippen LogP contribution in [0.3, 0.4) is 0 Å². The Bertz CT molecular complexity index is 486. The summed E-state index contributed by atoms with van der Waals surface area (Å²) in [4.78, 5) is 0. The maximum atomic E-state index is 10.0. The lowest BCUT2D eigenvalue weighted by atomic mass is 10.0. The number of aliphatic hydroxyl groups excluding tert-OH is 1. The first-order chi connectivity index (χ1) is 8.08. The highest BCUT2D eigenvalue weighted by molar-refractivity contribution is 5.25. The number of nitrogens with zero attached hydrogens (tertiary/aromatic N) is 2. The monoisotopic (exact) mass is 234 g/mol. The Kier molecular flexibility index (Phi) is 3.33. The zero-order valence-electron chi connectivity index (χ0n) is 10.5. The van der Waals surface area contributed by atoms with Crippen LogP contribution in [0.15, 0.2) is 22.8 Å². The van der Waals surface area contributed by atoms with E-state index in [2.05, 4.69) is 5.10 Å². The summed E-state index contributed by atoms with van der Waals surface area (Å²) in [6.45, 7) is 4.00. The number of aryl methyl sites for hydroxylation is 2. The Hall–Kier alpha value is -1.55. The van der Waals surface area contributed by atoms with Gasteiger partial charge in [0, 0.05) is 25.6 Å². The first-order valence-corrected chi connectivity index (χ1v) is 5.77. The van der Waals surface area contributed by atoms with Gasteiger partial charge in [-0.1, -0.05) is 0 Å². The van der Waals surface area contributed by atoms with E-state index in [0.717, 1.165) is 22.7 Å². The molecule has 0 radical (unpaired) electrons. The standard InChI is InChI=1S/C13H18N2O2/c1-9-13(10(2)15(3)14-9)8-11(16)7-12-5-4-6-17-12/h4-6,11,16H,7-8H2,1-3H3. The molecule has 0 aliphatic heterocycles. The summed E-state index contributed by atoms with van der Waals surface area (Å²) in [7, 11) is 1.92. The molecule has 0 amide bonds. The Balaban J connectivity index is 2.05. The number of rotatable bonds is 4.